The van der Waals surface area contributed by atoms with Gasteiger partial charge in [0, 0.05) is 21.7 Å². The number of rotatable bonds is 2. The Morgan fingerprint density at radius 2 is 1.35 bits per heavy atom. The van der Waals surface area contributed by atoms with Crippen LogP contribution in [0.3, 0.4) is 0 Å². The number of fused-ring (bicyclic) bond motifs is 3. The van der Waals surface area contributed by atoms with Crippen molar-refractivity contribution in [2.75, 3.05) is 4.90 Å². The molecule has 2 heterocycles. The zero-order valence-corrected chi connectivity index (χ0v) is 19.4. The van der Waals surface area contributed by atoms with Crippen LogP contribution in [-0.4, -0.2) is 29.0 Å². The lowest BCUT2D eigenvalue weighted by molar-refractivity contribution is -0.137. The van der Waals surface area contributed by atoms with Crippen molar-refractivity contribution in [3.63, 3.8) is 0 Å². The maximum Gasteiger partial charge on any atom is 0.418 e. The molecule has 0 radical (unpaired) electrons. The Bertz CT molecular complexity index is 1500. The van der Waals surface area contributed by atoms with Gasteiger partial charge in [-0.1, -0.05) is 66.2 Å². The maximum absolute atomic E-state index is 13.9. The van der Waals surface area contributed by atoms with E-state index in [-0.39, 0.29) is 21.7 Å². The maximum atomic E-state index is 13.9. The van der Waals surface area contributed by atoms with Gasteiger partial charge in [0.25, 0.3) is 0 Å². The summed E-state index contributed by atoms with van der Waals surface area (Å²) in [4.78, 5) is 55.5. The Morgan fingerprint density at radius 1 is 0.784 bits per heavy atom. The first-order valence-electron chi connectivity index (χ1n) is 11.2. The van der Waals surface area contributed by atoms with Gasteiger partial charge < -0.3 is 4.74 Å². The van der Waals surface area contributed by atoms with Crippen molar-refractivity contribution in [1.82, 2.24) is 0 Å². The number of alkyl halides is 3. The van der Waals surface area contributed by atoms with Gasteiger partial charge in [-0.05, 0) is 18.2 Å². The number of halogens is 4. The number of nitrogens with zero attached hydrogens (tertiary/aromatic N) is 1. The molecule has 0 N–H and O–H groups in total. The van der Waals surface area contributed by atoms with Crippen molar-refractivity contribution in [3.8, 4) is 0 Å². The molecule has 0 unspecified atom stereocenters. The zero-order valence-electron chi connectivity index (χ0n) is 18.7. The summed E-state index contributed by atoms with van der Waals surface area (Å²) >= 11 is 6.37. The van der Waals surface area contributed by atoms with Crippen LogP contribution in [0.25, 0.3) is 0 Å². The van der Waals surface area contributed by atoms with Crippen LogP contribution in [0.15, 0.2) is 72.8 Å². The quantitative estimate of drug-likeness (QED) is 0.345. The van der Waals surface area contributed by atoms with Gasteiger partial charge in [0.2, 0.25) is 29.0 Å². The van der Waals surface area contributed by atoms with E-state index >= 15 is 0 Å². The molecule has 2 saturated heterocycles. The molecule has 186 valence electrons. The number of Topliss-reactive ketones (excluding diaryl/α,β-unsaturated/α-hetero) is 2. The average Bonchev–Trinajstić information content (AvgIpc) is 3.44. The number of benzene rings is 3. The van der Waals surface area contributed by atoms with Crippen LogP contribution in [0.1, 0.15) is 37.9 Å². The number of anilines is 1. The van der Waals surface area contributed by atoms with Gasteiger partial charge in [-0.2, -0.15) is 13.2 Å². The van der Waals surface area contributed by atoms with Gasteiger partial charge in [0.15, 0.2) is 0 Å². The molecular weight excluding hydrogens is 511 g/mol. The van der Waals surface area contributed by atoms with Crippen LogP contribution in [0.4, 0.5) is 18.9 Å². The van der Waals surface area contributed by atoms with Gasteiger partial charge in [0.1, 0.15) is 0 Å². The lowest BCUT2D eigenvalue weighted by atomic mass is 9.77. The Balaban J connectivity index is 1.58. The Labute approximate surface area is 212 Å². The first kappa shape index (κ1) is 23.6. The number of hydrogen-bond acceptors (Lipinski definition) is 5. The van der Waals surface area contributed by atoms with E-state index < -0.39 is 64.3 Å². The van der Waals surface area contributed by atoms with E-state index in [0.717, 1.165) is 18.2 Å². The molecule has 3 aromatic rings. The highest BCUT2D eigenvalue weighted by molar-refractivity contribution is 6.37. The largest absolute Gasteiger partial charge is 0.418 e. The molecule has 3 aromatic carbocycles. The first-order chi connectivity index (χ1) is 17.6. The third-order valence-electron chi connectivity index (χ3n) is 7.18. The molecule has 10 heteroatoms. The highest BCUT2D eigenvalue weighted by Crippen LogP contribution is 2.58. The van der Waals surface area contributed by atoms with Crippen molar-refractivity contribution < 1.29 is 37.1 Å². The minimum absolute atomic E-state index is 0.0143. The van der Waals surface area contributed by atoms with Crippen molar-refractivity contribution in [2.24, 2.45) is 11.8 Å². The predicted molar refractivity (Wildman–Crippen MR) is 124 cm³/mol. The summed E-state index contributed by atoms with van der Waals surface area (Å²) in [7, 11) is 0. The predicted octanol–water partition coefficient (Wildman–Crippen LogP) is 5.05. The summed E-state index contributed by atoms with van der Waals surface area (Å²) in [6.07, 6.45) is -6.21. The molecule has 0 saturated carbocycles. The van der Waals surface area contributed by atoms with E-state index in [4.69, 9.17) is 16.3 Å². The van der Waals surface area contributed by atoms with Crippen LogP contribution in [0, 0.1) is 11.8 Å². The molecule has 3 atom stereocenters. The van der Waals surface area contributed by atoms with E-state index in [1.54, 1.807) is 12.1 Å². The average molecular weight is 526 g/mol. The zero-order chi connectivity index (χ0) is 26.3. The van der Waals surface area contributed by atoms with E-state index in [0.29, 0.717) is 4.90 Å². The van der Waals surface area contributed by atoms with Crippen molar-refractivity contribution >= 4 is 40.7 Å². The van der Waals surface area contributed by atoms with E-state index in [2.05, 4.69) is 0 Å². The minimum atomic E-state index is -4.87. The highest BCUT2D eigenvalue weighted by atomic mass is 35.5. The number of hydrogen-bond donors (Lipinski definition) is 0. The highest BCUT2D eigenvalue weighted by Gasteiger charge is 2.75. The third kappa shape index (κ3) is 3.04. The summed E-state index contributed by atoms with van der Waals surface area (Å²) < 4.78 is 47.6. The third-order valence-corrected chi connectivity index (χ3v) is 7.53. The Hall–Kier alpha value is -3.82. The number of ether oxygens (including phenoxy) is 1. The second-order valence-electron chi connectivity index (χ2n) is 9.03. The SMILES string of the molecule is O=C1[C@@H]2[C@H](c3ccccc3Cl)OC3(C(=O)c4ccccc4C3=O)[C@H]2C(=O)N1c1ccccc1C(F)(F)F. The van der Waals surface area contributed by atoms with Crippen LogP contribution < -0.4 is 4.90 Å². The second kappa shape index (κ2) is 7.84. The van der Waals surface area contributed by atoms with E-state index in [1.807, 2.05) is 0 Å². The van der Waals surface area contributed by atoms with Gasteiger partial charge in [0.05, 0.1) is 29.2 Å². The Morgan fingerprint density at radius 3 is 1.97 bits per heavy atom. The lowest BCUT2D eigenvalue weighted by Gasteiger charge is -2.28. The lowest BCUT2D eigenvalue weighted by Crippen LogP contribution is -2.51. The molecule has 2 aliphatic heterocycles. The number of ketones is 2. The molecule has 1 aliphatic carbocycles. The molecule has 0 aromatic heterocycles. The fraction of sp³-hybridized carbons (Fsp3) is 0.185. The number of imide groups is 1. The molecule has 2 fully saturated rings. The summed E-state index contributed by atoms with van der Waals surface area (Å²) in [6.45, 7) is 0. The van der Waals surface area contributed by atoms with Crippen molar-refractivity contribution in [3.05, 3.63) is 100 Å². The monoisotopic (exact) mass is 525 g/mol. The van der Waals surface area contributed by atoms with Crippen LogP contribution >= 0.6 is 11.6 Å². The standard InChI is InChI=1S/C27H15ClF3NO5/c28-17-11-5-3-9-15(17)21-19-20(26(37-21)22(33)13-7-1-2-8-14(13)23(26)34)25(36)32(24(19)35)18-12-6-4-10-16(18)27(29,30)31/h1-12,19-21H/t19-,20+,21-/m0/s1. The van der Waals surface area contributed by atoms with E-state index in [1.165, 1.54) is 42.5 Å². The number of para-hydroxylation sites is 1. The summed E-state index contributed by atoms with van der Waals surface area (Å²) in [6, 6.07) is 16.3. The number of carbonyl (C=O) groups excluding carboxylic acids is 4. The second-order valence-corrected chi connectivity index (χ2v) is 9.44. The molecular formula is C27H15ClF3NO5. The summed E-state index contributed by atoms with van der Waals surface area (Å²) in [5.41, 5.74) is -4.02. The fourth-order valence-electron chi connectivity index (χ4n) is 5.65. The van der Waals surface area contributed by atoms with Crippen LogP contribution in [0.2, 0.25) is 5.02 Å². The molecule has 6 rings (SSSR count). The van der Waals surface area contributed by atoms with E-state index in [9.17, 15) is 32.3 Å². The van der Waals surface area contributed by atoms with Crippen LogP contribution in [-0.2, 0) is 20.5 Å². The van der Waals surface area contributed by atoms with Gasteiger partial charge in [-0.15, -0.1) is 0 Å². The summed E-state index contributed by atoms with van der Waals surface area (Å²) in [5.74, 6) is -6.90. The van der Waals surface area contributed by atoms with Gasteiger partial charge >= 0.3 is 6.18 Å². The number of carbonyl (C=O) groups is 4. The molecule has 37 heavy (non-hydrogen) atoms. The topological polar surface area (TPSA) is 80.8 Å². The summed E-state index contributed by atoms with van der Waals surface area (Å²) in [5, 5.41) is 0.146. The van der Waals surface area contributed by atoms with Gasteiger partial charge in [-0.3, -0.25) is 19.2 Å². The molecule has 1 spiro atoms. The Kier molecular flexibility index (Phi) is 4.99. The minimum Gasteiger partial charge on any atom is -0.349 e. The molecule has 0 bridgehead atoms. The van der Waals surface area contributed by atoms with Crippen LogP contribution in [0.5, 0.6) is 0 Å². The smallest absolute Gasteiger partial charge is 0.349 e. The van der Waals surface area contributed by atoms with Gasteiger partial charge in [-0.25, -0.2) is 4.90 Å². The van der Waals surface area contributed by atoms with Crippen molar-refractivity contribution in [2.45, 2.75) is 17.9 Å². The molecule has 2 amide bonds. The molecule has 6 nitrogen and oxygen atoms in total. The molecule has 3 aliphatic rings. The number of amides is 2. The normalized spacial score (nSPS) is 24.2. The first-order valence-corrected chi connectivity index (χ1v) is 11.6. The van der Waals surface area contributed by atoms with Crippen molar-refractivity contribution in [1.29, 1.82) is 0 Å². The fourth-order valence-corrected chi connectivity index (χ4v) is 5.89.